The Balaban J connectivity index is 1.40. The zero-order valence-corrected chi connectivity index (χ0v) is 29.8. The Bertz CT molecular complexity index is 1730. The number of ether oxygens (including phenoxy) is 7. The first-order chi connectivity index (χ1) is 25.1. The van der Waals surface area contributed by atoms with E-state index in [4.69, 9.17) is 33.2 Å². The third-order valence-electron chi connectivity index (χ3n) is 8.36. The minimum atomic E-state index is -3.04. The number of rotatable bonds is 15. The van der Waals surface area contributed by atoms with Gasteiger partial charge in [0.05, 0.1) is 11.8 Å². The molecule has 0 radical (unpaired) electrons. The third kappa shape index (κ3) is 10.8. The van der Waals surface area contributed by atoms with Gasteiger partial charge in [0.25, 0.3) is 0 Å². The molecule has 53 heavy (non-hydrogen) atoms. The predicted octanol–water partition coefficient (Wildman–Crippen LogP) is 4.11. The fourth-order valence-corrected chi connectivity index (χ4v) is 5.73. The number of hydrogen-bond acceptors (Lipinski definition) is 14. The maximum absolute atomic E-state index is 13.2. The molecule has 14 nitrogen and oxygen atoms in total. The number of aliphatic hydroxyl groups excluding tert-OH is 1. The van der Waals surface area contributed by atoms with Gasteiger partial charge in [-0.25, -0.2) is 4.98 Å². The molecular formula is C37H42F2N2O12. The minimum Gasteiger partial charge on any atom is -0.487 e. The standard InChI is InChI=1S/C37H42F2N2O12/c1-19(42)47-18-29-33(48-20(2)43)34(49-21(3)44)32(45)35(51-29)53-31-13-6-22(16-41-31)14-26(24-8-12-30(40-17-24)37(4,5)46)23-7-11-27(52-36(38)39)28(15-23)50-25-9-10-25/h6-8,11-13,15-17,25-26,29,32-36,45-46H,9-10,14,18H2,1-5H3/t26-,29?,32-,33+,34?,35-/m0/s1. The van der Waals surface area contributed by atoms with E-state index >= 15 is 0 Å². The third-order valence-corrected chi connectivity index (χ3v) is 8.36. The van der Waals surface area contributed by atoms with Crippen LogP contribution in [0.3, 0.4) is 0 Å². The molecule has 0 bridgehead atoms. The van der Waals surface area contributed by atoms with Crippen molar-refractivity contribution < 1.29 is 66.5 Å². The molecule has 2 N–H and O–H groups in total. The molecule has 2 aromatic heterocycles. The number of pyridine rings is 2. The fourth-order valence-electron chi connectivity index (χ4n) is 5.73. The molecule has 2 aliphatic rings. The molecule has 3 heterocycles. The second-order valence-electron chi connectivity index (χ2n) is 13.3. The van der Waals surface area contributed by atoms with Crippen LogP contribution in [0.5, 0.6) is 17.4 Å². The van der Waals surface area contributed by atoms with Gasteiger partial charge >= 0.3 is 24.5 Å². The van der Waals surface area contributed by atoms with Crippen molar-refractivity contribution in [2.24, 2.45) is 0 Å². The Morgan fingerprint density at radius 1 is 0.887 bits per heavy atom. The highest BCUT2D eigenvalue weighted by Crippen LogP contribution is 2.39. The Hall–Kier alpha value is -4.93. The highest BCUT2D eigenvalue weighted by Gasteiger charge is 2.51. The van der Waals surface area contributed by atoms with Crippen LogP contribution in [-0.4, -0.2) is 88.1 Å². The van der Waals surface area contributed by atoms with Crippen LogP contribution < -0.4 is 14.2 Å². The summed E-state index contributed by atoms with van der Waals surface area (Å²) in [6.45, 7) is 3.21. The molecule has 0 spiro atoms. The number of hydrogen-bond donors (Lipinski definition) is 2. The molecule has 2 fully saturated rings. The van der Waals surface area contributed by atoms with E-state index in [0.29, 0.717) is 12.1 Å². The SMILES string of the molecule is CC(=O)OCC1O[C@@H](Oc2ccc(C[C@H](c3ccc(C(C)(C)O)nc3)c3ccc(OC(F)F)c(OC4CC4)c3)cn2)[C@@H](O)C(OC(C)=O)[C@@H]1OC(C)=O. The lowest BCUT2D eigenvalue weighted by Crippen LogP contribution is -2.62. The Kier molecular flexibility index (Phi) is 12.5. The Morgan fingerprint density at radius 3 is 2.15 bits per heavy atom. The number of aliphatic hydroxyl groups is 2. The molecule has 16 heteroatoms. The van der Waals surface area contributed by atoms with Crippen LogP contribution in [0.2, 0.25) is 0 Å². The van der Waals surface area contributed by atoms with Crippen LogP contribution in [0, 0.1) is 0 Å². The molecule has 286 valence electrons. The van der Waals surface area contributed by atoms with Crippen molar-refractivity contribution in [3.63, 3.8) is 0 Å². The van der Waals surface area contributed by atoms with E-state index in [1.54, 1.807) is 44.3 Å². The van der Waals surface area contributed by atoms with Gasteiger partial charge in [-0.05, 0) is 68.0 Å². The van der Waals surface area contributed by atoms with Gasteiger partial charge in [-0.3, -0.25) is 19.4 Å². The van der Waals surface area contributed by atoms with Crippen molar-refractivity contribution >= 4 is 17.9 Å². The first-order valence-corrected chi connectivity index (χ1v) is 16.9. The number of esters is 3. The zero-order valence-electron chi connectivity index (χ0n) is 29.8. The molecule has 0 amide bonds. The average Bonchev–Trinajstić information content (AvgIpc) is 3.90. The van der Waals surface area contributed by atoms with Gasteiger partial charge in [-0.2, -0.15) is 8.78 Å². The topological polar surface area (TPSA) is 182 Å². The number of benzene rings is 1. The number of carbonyl (C=O) groups is 3. The number of halogens is 2. The summed E-state index contributed by atoms with van der Waals surface area (Å²) in [6, 6.07) is 11.6. The van der Waals surface area contributed by atoms with Crippen molar-refractivity contribution in [1.82, 2.24) is 9.97 Å². The molecule has 1 saturated carbocycles. The second kappa shape index (κ2) is 16.8. The van der Waals surface area contributed by atoms with Crippen LogP contribution >= 0.6 is 0 Å². The summed E-state index contributed by atoms with van der Waals surface area (Å²) < 4.78 is 64.5. The first-order valence-electron chi connectivity index (χ1n) is 16.9. The van der Waals surface area contributed by atoms with Gasteiger partial charge in [0.2, 0.25) is 12.2 Å². The van der Waals surface area contributed by atoms with Gasteiger partial charge < -0.3 is 43.4 Å². The van der Waals surface area contributed by atoms with Crippen molar-refractivity contribution in [3.8, 4) is 17.4 Å². The van der Waals surface area contributed by atoms with E-state index < -0.39 is 67.4 Å². The van der Waals surface area contributed by atoms with Crippen LogP contribution in [0.15, 0.2) is 54.9 Å². The first kappa shape index (κ1) is 39.3. The Morgan fingerprint density at radius 2 is 1.58 bits per heavy atom. The average molecular weight is 745 g/mol. The van der Waals surface area contributed by atoms with E-state index in [2.05, 4.69) is 9.97 Å². The number of aromatic nitrogens is 2. The van der Waals surface area contributed by atoms with Gasteiger partial charge in [0.1, 0.15) is 18.3 Å². The molecule has 6 atom stereocenters. The van der Waals surface area contributed by atoms with Gasteiger partial charge in [0.15, 0.2) is 29.8 Å². The van der Waals surface area contributed by atoms with Crippen molar-refractivity contribution in [3.05, 3.63) is 77.2 Å². The summed E-state index contributed by atoms with van der Waals surface area (Å²) in [5.74, 6) is -2.43. The quantitative estimate of drug-likeness (QED) is 0.168. The van der Waals surface area contributed by atoms with Crippen molar-refractivity contribution in [2.75, 3.05) is 6.61 Å². The fraction of sp³-hybridized carbons (Fsp3) is 0.486. The molecular weight excluding hydrogens is 702 g/mol. The van der Waals surface area contributed by atoms with Crippen LogP contribution in [-0.2, 0) is 45.4 Å². The zero-order chi connectivity index (χ0) is 38.4. The second-order valence-corrected chi connectivity index (χ2v) is 13.3. The number of carbonyl (C=O) groups excluding carboxylic acids is 3. The van der Waals surface area contributed by atoms with Gasteiger partial charge in [-0.15, -0.1) is 0 Å². The minimum absolute atomic E-state index is 0.0120. The van der Waals surface area contributed by atoms with Gasteiger partial charge in [-0.1, -0.05) is 18.2 Å². The predicted molar refractivity (Wildman–Crippen MR) is 179 cm³/mol. The van der Waals surface area contributed by atoms with E-state index in [9.17, 15) is 33.4 Å². The Labute approximate surface area is 304 Å². The largest absolute Gasteiger partial charge is 0.487 e. The van der Waals surface area contributed by atoms with E-state index in [1.807, 2.05) is 6.07 Å². The molecule has 2 unspecified atom stereocenters. The van der Waals surface area contributed by atoms with Crippen LogP contribution in [0.25, 0.3) is 0 Å². The summed E-state index contributed by atoms with van der Waals surface area (Å²) in [5.41, 5.74) is 1.48. The molecule has 1 aliphatic carbocycles. The maximum Gasteiger partial charge on any atom is 0.387 e. The highest BCUT2D eigenvalue weighted by molar-refractivity contribution is 5.68. The summed E-state index contributed by atoms with van der Waals surface area (Å²) in [7, 11) is 0. The highest BCUT2D eigenvalue weighted by atomic mass is 19.3. The molecule has 1 aliphatic heterocycles. The normalized spacial score (nSPS) is 22.0. The summed E-state index contributed by atoms with van der Waals surface area (Å²) >= 11 is 0. The van der Waals surface area contributed by atoms with E-state index in [0.717, 1.165) is 43.4 Å². The van der Waals surface area contributed by atoms with Crippen LogP contribution in [0.4, 0.5) is 8.78 Å². The lowest BCUT2D eigenvalue weighted by molar-refractivity contribution is -0.285. The summed E-state index contributed by atoms with van der Waals surface area (Å²) in [6.07, 6.45) is -2.03. The van der Waals surface area contributed by atoms with E-state index in [-0.39, 0.29) is 29.4 Å². The van der Waals surface area contributed by atoms with Crippen molar-refractivity contribution in [1.29, 1.82) is 0 Å². The van der Waals surface area contributed by atoms with Crippen LogP contribution in [0.1, 0.15) is 75.8 Å². The molecule has 3 aromatic rings. The van der Waals surface area contributed by atoms with Crippen molar-refractivity contribution in [2.45, 2.75) is 109 Å². The lowest BCUT2D eigenvalue weighted by Gasteiger charge is -2.42. The van der Waals surface area contributed by atoms with Gasteiger partial charge in [0, 0.05) is 45.1 Å². The molecule has 5 rings (SSSR count). The maximum atomic E-state index is 13.2. The molecule has 1 saturated heterocycles. The monoisotopic (exact) mass is 744 g/mol. The number of nitrogens with zero attached hydrogens (tertiary/aromatic N) is 2. The smallest absolute Gasteiger partial charge is 0.387 e. The van der Waals surface area contributed by atoms with E-state index in [1.165, 1.54) is 25.3 Å². The lowest BCUT2D eigenvalue weighted by atomic mass is 9.86. The number of alkyl halides is 2. The summed E-state index contributed by atoms with van der Waals surface area (Å²) in [4.78, 5) is 44.2. The molecule has 1 aromatic carbocycles. The summed E-state index contributed by atoms with van der Waals surface area (Å²) in [5, 5.41) is 21.6.